The summed E-state index contributed by atoms with van der Waals surface area (Å²) in [4.78, 5) is 117. The number of carbonyl (C=O) groups is 8. The van der Waals surface area contributed by atoms with E-state index in [0.717, 1.165) is 95.7 Å². The monoisotopic (exact) mass is 1340 g/mol. The molecule has 7 aliphatic rings. The molecule has 0 spiro atoms. The van der Waals surface area contributed by atoms with Crippen LogP contribution >= 0.6 is 15.9 Å². The lowest BCUT2D eigenvalue weighted by Gasteiger charge is -2.31. The van der Waals surface area contributed by atoms with Crippen molar-refractivity contribution in [2.75, 3.05) is 159 Å². The fourth-order valence-corrected chi connectivity index (χ4v) is 13.7. The number of nitrogens with one attached hydrogen (secondary N) is 1. The fourth-order valence-electron chi connectivity index (χ4n) is 13.2. The number of amides is 8. The first kappa shape index (κ1) is 65.2. The van der Waals surface area contributed by atoms with Crippen molar-refractivity contribution < 1.29 is 57.3 Å². The number of hydrogen-bond donors (Lipinski definition) is 1. The van der Waals surface area contributed by atoms with E-state index in [1.165, 1.54) is 19.6 Å². The van der Waals surface area contributed by atoms with Gasteiger partial charge in [-0.3, -0.25) is 72.7 Å². The summed E-state index contributed by atoms with van der Waals surface area (Å²) in [6.45, 7) is 14.4. The molecule has 8 aromatic rings. The van der Waals surface area contributed by atoms with Gasteiger partial charge in [-0.15, -0.1) is 0 Å². The van der Waals surface area contributed by atoms with Gasteiger partial charge in [-0.1, -0.05) is 76.6 Å². The van der Waals surface area contributed by atoms with Crippen LogP contribution in [-0.4, -0.2) is 246 Å². The highest BCUT2D eigenvalue weighted by Gasteiger charge is 2.38. The Morgan fingerprint density at radius 3 is 1.10 bits per heavy atom. The zero-order valence-corrected chi connectivity index (χ0v) is 54.7. The van der Waals surface area contributed by atoms with E-state index in [2.05, 4.69) is 35.9 Å². The molecule has 0 atom stereocenters. The molecular formula is C72H74BrN9O12. The lowest BCUT2D eigenvalue weighted by Crippen LogP contribution is -2.49. The molecule has 0 radical (unpaired) electrons. The summed E-state index contributed by atoms with van der Waals surface area (Å²) in [5.41, 5.74) is 4.72. The predicted octanol–water partition coefficient (Wildman–Crippen LogP) is 7.65. The molecule has 94 heavy (non-hydrogen) atoms. The minimum absolute atomic E-state index is 0.172. The Kier molecular flexibility index (Phi) is 20.0. The molecule has 3 fully saturated rings. The summed E-state index contributed by atoms with van der Waals surface area (Å²) in [5, 5.41) is 9.69. The van der Waals surface area contributed by atoms with Gasteiger partial charge in [0.05, 0.1) is 46.0 Å². The molecule has 15 rings (SSSR count). The van der Waals surface area contributed by atoms with Crippen molar-refractivity contribution >= 4 is 106 Å². The van der Waals surface area contributed by atoms with E-state index in [4.69, 9.17) is 18.9 Å². The van der Waals surface area contributed by atoms with Crippen LogP contribution in [0.5, 0.6) is 11.5 Å². The first-order valence-electron chi connectivity index (χ1n) is 31.7. The molecule has 0 unspecified atom stereocenters. The van der Waals surface area contributed by atoms with Gasteiger partial charge in [0, 0.05) is 175 Å². The fraction of sp³-hybridized carbons (Fsp3) is 0.333. The SMILES string of the molecule is COc1ccc2c3c(ccc(OC)c13)C(=O)N(CCN(C)C)C2=O.O=C1c2cccc3c(Br)ccc(c23)C(=O)N1CCN1CCOCC1.O=C1c2cccc3cccc(c23)C(=O)N1CCN1CCNCC1.O=C1c2cccc3cccc(c23)C(=O)N1CCN1CCOCC1. The van der Waals surface area contributed by atoms with E-state index in [9.17, 15) is 38.4 Å². The third-order valence-corrected chi connectivity index (χ3v) is 18.9. The third kappa shape index (κ3) is 13.0. The molecular weight excluding hydrogens is 1260 g/mol. The van der Waals surface area contributed by atoms with Crippen LogP contribution in [0.3, 0.4) is 0 Å². The number of carbonyl (C=O) groups excluding carboxylic acids is 8. The van der Waals surface area contributed by atoms with Crippen molar-refractivity contribution in [1.82, 2.24) is 44.5 Å². The van der Waals surface area contributed by atoms with Gasteiger partial charge < -0.3 is 29.2 Å². The van der Waals surface area contributed by atoms with Crippen molar-refractivity contribution in [2.24, 2.45) is 0 Å². The smallest absolute Gasteiger partial charge is 0.261 e. The topological polar surface area (TPSA) is 211 Å². The van der Waals surface area contributed by atoms with Crippen LogP contribution in [0, 0.1) is 0 Å². The highest BCUT2D eigenvalue weighted by atomic mass is 79.9. The second kappa shape index (κ2) is 28.8. The molecule has 1 N–H and O–H groups in total. The molecule has 7 heterocycles. The lowest BCUT2D eigenvalue weighted by molar-refractivity contribution is 0.0311. The number of imide groups is 4. The summed E-state index contributed by atoms with van der Waals surface area (Å²) in [6, 6.07) is 38.7. The molecule has 7 aliphatic heterocycles. The Balaban J connectivity index is 0.000000120. The molecule has 0 aromatic heterocycles. The molecule has 486 valence electrons. The van der Waals surface area contributed by atoms with Gasteiger partial charge in [0.1, 0.15) is 11.5 Å². The molecule has 22 heteroatoms. The molecule has 0 saturated carbocycles. The Hall–Kier alpha value is -8.84. The number of methoxy groups -OCH3 is 2. The van der Waals surface area contributed by atoms with Gasteiger partial charge in [-0.2, -0.15) is 0 Å². The van der Waals surface area contributed by atoms with Gasteiger partial charge in [-0.05, 0) is 97.0 Å². The second-order valence-electron chi connectivity index (χ2n) is 24.0. The number of nitrogens with zero attached hydrogens (tertiary/aromatic N) is 8. The van der Waals surface area contributed by atoms with Crippen LogP contribution in [0.4, 0.5) is 0 Å². The Bertz CT molecular complexity index is 4000. The van der Waals surface area contributed by atoms with Crippen LogP contribution in [0.1, 0.15) is 82.9 Å². The van der Waals surface area contributed by atoms with Crippen molar-refractivity contribution in [3.63, 3.8) is 0 Å². The van der Waals surface area contributed by atoms with Crippen molar-refractivity contribution in [1.29, 1.82) is 0 Å². The maximum absolute atomic E-state index is 12.8. The first-order valence-corrected chi connectivity index (χ1v) is 32.5. The van der Waals surface area contributed by atoms with Crippen LogP contribution in [-0.2, 0) is 9.47 Å². The van der Waals surface area contributed by atoms with Crippen LogP contribution in [0.2, 0.25) is 0 Å². The second-order valence-corrected chi connectivity index (χ2v) is 24.8. The number of ether oxygens (including phenoxy) is 4. The number of piperazine rings is 1. The number of halogens is 1. The predicted molar refractivity (Wildman–Crippen MR) is 360 cm³/mol. The first-order chi connectivity index (χ1) is 45.7. The summed E-state index contributed by atoms with van der Waals surface area (Å²) in [5.74, 6) is -0.534. The average molecular weight is 1340 g/mol. The number of likely N-dealkylation sites (N-methyl/N-ethyl adjacent to an activating group) is 1. The van der Waals surface area contributed by atoms with E-state index >= 15 is 0 Å². The van der Waals surface area contributed by atoms with Crippen molar-refractivity contribution in [3.05, 3.63) is 176 Å². The number of benzene rings is 8. The van der Waals surface area contributed by atoms with E-state index in [-0.39, 0.29) is 47.3 Å². The third-order valence-electron chi connectivity index (χ3n) is 18.2. The van der Waals surface area contributed by atoms with Crippen molar-refractivity contribution in [3.8, 4) is 11.5 Å². The molecule has 0 bridgehead atoms. The lowest BCUT2D eigenvalue weighted by atomic mass is 9.93. The summed E-state index contributed by atoms with van der Waals surface area (Å²) in [6.07, 6.45) is 0. The molecule has 21 nitrogen and oxygen atoms in total. The van der Waals surface area contributed by atoms with Gasteiger partial charge in [0.25, 0.3) is 47.3 Å². The van der Waals surface area contributed by atoms with E-state index in [0.29, 0.717) is 139 Å². The highest BCUT2D eigenvalue weighted by molar-refractivity contribution is 9.10. The van der Waals surface area contributed by atoms with Gasteiger partial charge >= 0.3 is 0 Å². The normalized spacial score (nSPS) is 17.4. The summed E-state index contributed by atoms with van der Waals surface area (Å²) < 4.78 is 22.4. The van der Waals surface area contributed by atoms with Gasteiger partial charge in [-0.25, -0.2) is 0 Å². The minimum atomic E-state index is -0.282. The highest BCUT2D eigenvalue weighted by Crippen LogP contribution is 2.41. The molecule has 3 saturated heterocycles. The van der Waals surface area contributed by atoms with Gasteiger partial charge in [0.2, 0.25) is 0 Å². The summed E-state index contributed by atoms with van der Waals surface area (Å²) in [7, 11) is 6.92. The van der Waals surface area contributed by atoms with Gasteiger partial charge in [0.15, 0.2) is 0 Å². The average Bonchev–Trinajstić information content (AvgIpc) is 0.763. The Morgan fingerprint density at radius 1 is 0.383 bits per heavy atom. The Morgan fingerprint density at radius 2 is 0.713 bits per heavy atom. The number of rotatable bonds is 14. The molecule has 8 aromatic carbocycles. The summed E-state index contributed by atoms with van der Waals surface area (Å²) >= 11 is 3.50. The largest absolute Gasteiger partial charge is 0.496 e. The molecule has 0 aliphatic carbocycles. The minimum Gasteiger partial charge on any atom is -0.496 e. The zero-order valence-electron chi connectivity index (χ0n) is 53.1. The van der Waals surface area contributed by atoms with E-state index in [1.807, 2.05) is 110 Å². The van der Waals surface area contributed by atoms with Crippen molar-refractivity contribution in [2.45, 2.75) is 0 Å². The van der Waals surface area contributed by atoms with Crippen LogP contribution in [0.15, 0.2) is 132 Å². The number of hydrogen-bond acceptors (Lipinski definition) is 17. The standard InChI is InChI=1S/C18H17BrN2O3.C18H19N3O2.C18H20N2O4.C18H18N2O3/c19-15-5-4-14-16-12(15)2-1-3-13(16)17(22)21(18(14)23)7-6-20-8-10-24-11-9-20;22-17-14-5-1-3-13-4-2-6-15(16(13)14)18(23)21(17)12-11-20-9-7-19-8-10-20;1-19(2)9-10-20-17(21)11-5-7-13(23-3)16-14(24-4)8-6-12(15(11)16)18(20)22;21-17-14-5-1-3-13-4-2-6-15(16(13)14)18(22)20(17)8-7-19-9-11-23-12-10-19/h1-5H,6-11H2;1-6,19H,7-12H2;5-8H,9-10H2,1-4H3;1-6H,7-12H2. The quantitative estimate of drug-likeness (QED) is 0.104. The number of morpholine rings is 2. The molecule has 8 amide bonds. The maximum atomic E-state index is 12.8. The maximum Gasteiger partial charge on any atom is 0.261 e. The zero-order chi connectivity index (χ0) is 65.7. The van der Waals surface area contributed by atoms with Crippen LogP contribution < -0.4 is 14.8 Å². The van der Waals surface area contributed by atoms with E-state index in [1.54, 1.807) is 50.6 Å². The van der Waals surface area contributed by atoms with E-state index < -0.39 is 0 Å². The van der Waals surface area contributed by atoms with Crippen LogP contribution in [0.25, 0.3) is 43.1 Å². The Labute approximate surface area is 552 Å².